The van der Waals surface area contributed by atoms with Gasteiger partial charge in [-0.2, -0.15) is 5.26 Å². The van der Waals surface area contributed by atoms with Crippen LogP contribution in [-0.4, -0.2) is 44.4 Å². The first-order valence-corrected chi connectivity index (χ1v) is 5.92. The van der Waals surface area contributed by atoms with Gasteiger partial charge in [0, 0.05) is 19.6 Å². The predicted molar refractivity (Wildman–Crippen MR) is 63.9 cm³/mol. The highest BCUT2D eigenvalue weighted by molar-refractivity contribution is 5.35. The molecule has 2 rings (SSSR count). The van der Waals surface area contributed by atoms with Gasteiger partial charge in [0.05, 0.1) is 24.8 Å². The van der Waals surface area contributed by atoms with E-state index in [9.17, 15) is 4.39 Å². The van der Waals surface area contributed by atoms with Crippen molar-refractivity contribution in [1.29, 1.82) is 5.26 Å². The summed E-state index contributed by atoms with van der Waals surface area (Å²) in [6, 6.07) is 6.11. The smallest absolute Gasteiger partial charge is 0.166 e. The molecule has 0 aromatic heterocycles. The normalized spacial score (nSPS) is 16.2. The molecule has 1 saturated heterocycles. The van der Waals surface area contributed by atoms with Crippen molar-refractivity contribution in [2.75, 3.05) is 39.5 Å². The van der Waals surface area contributed by atoms with Gasteiger partial charge >= 0.3 is 0 Å². The minimum Gasteiger partial charge on any atom is -0.489 e. The summed E-state index contributed by atoms with van der Waals surface area (Å²) in [4.78, 5) is 2.21. The van der Waals surface area contributed by atoms with Gasteiger partial charge in [0.1, 0.15) is 6.61 Å². The first-order chi connectivity index (χ1) is 8.79. The number of nitrogens with zero attached hydrogens (tertiary/aromatic N) is 2. The number of morpholine rings is 1. The van der Waals surface area contributed by atoms with Crippen molar-refractivity contribution >= 4 is 0 Å². The van der Waals surface area contributed by atoms with Crippen molar-refractivity contribution in [3.05, 3.63) is 29.6 Å². The quantitative estimate of drug-likeness (QED) is 0.810. The lowest BCUT2D eigenvalue weighted by Gasteiger charge is -2.26. The maximum atomic E-state index is 13.5. The average Bonchev–Trinajstić information content (AvgIpc) is 2.42. The molecule has 0 amide bonds. The van der Waals surface area contributed by atoms with Gasteiger partial charge in [0.15, 0.2) is 11.6 Å². The fourth-order valence-electron chi connectivity index (χ4n) is 1.80. The maximum Gasteiger partial charge on any atom is 0.166 e. The Kier molecular flexibility index (Phi) is 4.51. The molecule has 1 aromatic rings. The molecule has 18 heavy (non-hydrogen) atoms. The fourth-order valence-corrected chi connectivity index (χ4v) is 1.80. The van der Waals surface area contributed by atoms with E-state index >= 15 is 0 Å². The second-order valence-corrected chi connectivity index (χ2v) is 4.06. The number of nitriles is 1. The van der Waals surface area contributed by atoms with Gasteiger partial charge in [-0.05, 0) is 18.2 Å². The molecule has 1 aliphatic rings. The van der Waals surface area contributed by atoms with Crippen LogP contribution in [0.2, 0.25) is 0 Å². The second-order valence-electron chi connectivity index (χ2n) is 4.06. The zero-order valence-electron chi connectivity index (χ0n) is 10.1. The van der Waals surface area contributed by atoms with Crippen LogP contribution in [0.25, 0.3) is 0 Å². The summed E-state index contributed by atoms with van der Waals surface area (Å²) >= 11 is 0. The topological polar surface area (TPSA) is 45.5 Å². The number of ether oxygens (including phenoxy) is 2. The molecule has 5 heteroatoms. The van der Waals surface area contributed by atoms with E-state index in [0.29, 0.717) is 12.2 Å². The zero-order chi connectivity index (χ0) is 12.8. The molecule has 0 spiro atoms. The van der Waals surface area contributed by atoms with Crippen LogP contribution in [0.5, 0.6) is 5.75 Å². The van der Waals surface area contributed by atoms with E-state index in [1.807, 2.05) is 6.07 Å². The summed E-state index contributed by atoms with van der Waals surface area (Å²) < 4.78 is 24.1. The minimum atomic E-state index is -0.490. The van der Waals surface area contributed by atoms with Crippen molar-refractivity contribution in [2.24, 2.45) is 0 Å². The number of benzene rings is 1. The molecule has 0 N–H and O–H groups in total. The summed E-state index contributed by atoms with van der Waals surface area (Å²) in [6.07, 6.45) is 0. The molecule has 0 aliphatic carbocycles. The number of rotatable bonds is 4. The first-order valence-electron chi connectivity index (χ1n) is 5.92. The Balaban J connectivity index is 1.81. The number of hydrogen-bond donors (Lipinski definition) is 0. The molecular formula is C13H15FN2O2. The Bertz CT molecular complexity index is 439. The summed E-state index contributed by atoms with van der Waals surface area (Å²) in [7, 11) is 0. The van der Waals surface area contributed by atoms with E-state index in [2.05, 4.69) is 4.90 Å². The van der Waals surface area contributed by atoms with Gasteiger partial charge in [-0.25, -0.2) is 4.39 Å². The molecule has 0 radical (unpaired) electrons. The standard InChI is InChI=1S/C13H15FN2O2/c14-12-9-11(10-15)1-2-13(12)18-8-5-16-3-6-17-7-4-16/h1-2,9H,3-8H2. The van der Waals surface area contributed by atoms with E-state index < -0.39 is 5.82 Å². The molecule has 1 heterocycles. The third-order valence-electron chi connectivity index (χ3n) is 2.83. The molecule has 0 saturated carbocycles. The minimum absolute atomic E-state index is 0.197. The zero-order valence-corrected chi connectivity index (χ0v) is 10.1. The van der Waals surface area contributed by atoms with Crippen LogP contribution in [0.1, 0.15) is 5.56 Å². The Labute approximate surface area is 106 Å². The SMILES string of the molecule is N#Cc1ccc(OCCN2CCOCC2)c(F)c1. The maximum absolute atomic E-state index is 13.5. The Morgan fingerprint density at radius 3 is 2.83 bits per heavy atom. The molecule has 96 valence electrons. The number of hydrogen-bond acceptors (Lipinski definition) is 4. The fraction of sp³-hybridized carbons (Fsp3) is 0.462. The van der Waals surface area contributed by atoms with Gasteiger partial charge in [-0.1, -0.05) is 0 Å². The van der Waals surface area contributed by atoms with Crippen LogP contribution in [0.3, 0.4) is 0 Å². The Morgan fingerprint density at radius 2 is 2.17 bits per heavy atom. The van der Waals surface area contributed by atoms with Crippen molar-refractivity contribution in [3.63, 3.8) is 0 Å². The van der Waals surface area contributed by atoms with Crippen molar-refractivity contribution < 1.29 is 13.9 Å². The van der Waals surface area contributed by atoms with Gasteiger partial charge in [-0.15, -0.1) is 0 Å². The van der Waals surface area contributed by atoms with Crippen molar-refractivity contribution in [2.45, 2.75) is 0 Å². The second kappa shape index (κ2) is 6.34. The van der Waals surface area contributed by atoms with Crippen LogP contribution in [-0.2, 0) is 4.74 Å². The summed E-state index contributed by atoms with van der Waals surface area (Å²) in [6.45, 7) is 4.44. The lowest BCUT2D eigenvalue weighted by atomic mass is 10.2. The predicted octanol–water partition coefficient (Wildman–Crippen LogP) is 1.41. The van der Waals surface area contributed by atoms with E-state index in [-0.39, 0.29) is 5.75 Å². The van der Waals surface area contributed by atoms with Crippen molar-refractivity contribution in [3.8, 4) is 11.8 Å². The van der Waals surface area contributed by atoms with Crippen LogP contribution in [0.4, 0.5) is 4.39 Å². The van der Waals surface area contributed by atoms with Crippen LogP contribution in [0.15, 0.2) is 18.2 Å². The molecule has 0 bridgehead atoms. The summed E-state index contributed by atoms with van der Waals surface area (Å²) in [5, 5.41) is 8.62. The highest BCUT2D eigenvalue weighted by Gasteiger charge is 2.10. The molecule has 1 fully saturated rings. The molecule has 0 unspecified atom stereocenters. The molecule has 1 aliphatic heterocycles. The molecule has 1 aromatic carbocycles. The molecule has 0 atom stereocenters. The van der Waals surface area contributed by atoms with Crippen LogP contribution in [0, 0.1) is 17.1 Å². The van der Waals surface area contributed by atoms with Gasteiger partial charge < -0.3 is 9.47 Å². The lowest BCUT2D eigenvalue weighted by Crippen LogP contribution is -2.38. The van der Waals surface area contributed by atoms with Crippen LogP contribution >= 0.6 is 0 Å². The summed E-state index contributed by atoms with van der Waals surface area (Å²) in [5.74, 6) is -0.293. The third-order valence-corrected chi connectivity index (χ3v) is 2.83. The summed E-state index contributed by atoms with van der Waals surface area (Å²) in [5.41, 5.74) is 0.299. The monoisotopic (exact) mass is 250 g/mol. The van der Waals surface area contributed by atoms with E-state index in [1.165, 1.54) is 12.1 Å². The molecular weight excluding hydrogens is 235 g/mol. The van der Waals surface area contributed by atoms with Crippen LogP contribution < -0.4 is 4.74 Å². The van der Waals surface area contributed by atoms with E-state index in [0.717, 1.165) is 32.8 Å². The lowest BCUT2D eigenvalue weighted by molar-refractivity contribution is 0.0320. The van der Waals surface area contributed by atoms with Gasteiger partial charge in [0.2, 0.25) is 0 Å². The average molecular weight is 250 g/mol. The van der Waals surface area contributed by atoms with Crippen molar-refractivity contribution in [1.82, 2.24) is 4.90 Å². The molecule has 4 nitrogen and oxygen atoms in total. The Morgan fingerprint density at radius 1 is 1.39 bits per heavy atom. The first kappa shape index (κ1) is 12.8. The largest absolute Gasteiger partial charge is 0.489 e. The highest BCUT2D eigenvalue weighted by atomic mass is 19.1. The van der Waals surface area contributed by atoms with E-state index in [1.54, 1.807) is 6.07 Å². The number of halogens is 1. The van der Waals surface area contributed by atoms with E-state index in [4.69, 9.17) is 14.7 Å². The highest BCUT2D eigenvalue weighted by Crippen LogP contribution is 2.17. The Hall–Kier alpha value is -1.64. The third kappa shape index (κ3) is 3.42. The van der Waals surface area contributed by atoms with Gasteiger partial charge in [-0.3, -0.25) is 4.90 Å². The van der Waals surface area contributed by atoms with Gasteiger partial charge in [0.25, 0.3) is 0 Å².